The third kappa shape index (κ3) is 2.24. The minimum atomic E-state index is 0.163. The van der Waals surface area contributed by atoms with Crippen LogP contribution in [0.25, 0.3) is 6.08 Å². The Labute approximate surface area is 81.7 Å². The highest BCUT2D eigenvalue weighted by molar-refractivity contribution is 6.30. The lowest BCUT2D eigenvalue weighted by atomic mass is 10.1. The minimum Gasteiger partial charge on any atom is -0.507 e. The molecule has 0 saturated carbocycles. The number of aryl methyl sites for hydroxylation is 1. The highest BCUT2D eigenvalue weighted by Crippen LogP contribution is 2.27. The number of phenols is 1. The van der Waals surface area contributed by atoms with Crippen LogP contribution in [0.1, 0.15) is 11.1 Å². The fraction of sp³-hybridized carbons (Fsp3) is 0.100. The normalized spacial score (nSPS) is 10.2. The summed E-state index contributed by atoms with van der Waals surface area (Å²) in [6, 6.07) is 5.12. The van der Waals surface area contributed by atoms with Crippen LogP contribution in [0.15, 0.2) is 18.2 Å². The molecule has 66 valence electrons. The van der Waals surface area contributed by atoms with E-state index in [1.807, 2.05) is 6.07 Å². The van der Waals surface area contributed by atoms with Gasteiger partial charge in [0.05, 0.1) is 6.07 Å². The Balaban J connectivity index is 3.22. The van der Waals surface area contributed by atoms with E-state index in [2.05, 4.69) is 0 Å². The molecule has 1 N–H and O–H groups in total. The number of benzene rings is 1. The van der Waals surface area contributed by atoms with Crippen molar-refractivity contribution in [3.05, 3.63) is 34.4 Å². The van der Waals surface area contributed by atoms with Crippen molar-refractivity contribution in [1.82, 2.24) is 0 Å². The summed E-state index contributed by atoms with van der Waals surface area (Å²) in [7, 11) is 0. The first-order chi connectivity index (χ1) is 6.15. The van der Waals surface area contributed by atoms with E-state index in [4.69, 9.17) is 16.9 Å². The molecule has 0 fully saturated rings. The highest BCUT2D eigenvalue weighted by Gasteiger charge is 2.02. The number of phenolic OH excluding ortho intramolecular Hbond substituents is 1. The van der Waals surface area contributed by atoms with Gasteiger partial charge in [-0.3, -0.25) is 0 Å². The van der Waals surface area contributed by atoms with Crippen molar-refractivity contribution in [3.63, 3.8) is 0 Å². The molecule has 0 unspecified atom stereocenters. The molecule has 0 heterocycles. The van der Waals surface area contributed by atoms with E-state index in [1.165, 1.54) is 12.2 Å². The molecule has 0 radical (unpaired) electrons. The first kappa shape index (κ1) is 9.63. The second-order valence-corrected chi connectivity index (χ2v) is 3.06. The van der Waals surface area contributed by atoms with Crippen LogP contribution in [0.4, 0.5) is 0 Å². The average molecular weight is 194 g/mol. The van der Waals surface area contributed by atoms with Gasteiger partial charge in [-0.2, -0.15) is 5.26 Å². The van der Waals surface area contributed by atoms with Crippen LogP contribution in [0.5, 0.6) is 5.75 Å². The SMILES string of the molecule is Cc1cc(Cl)cc(C=CC#N)c1O. The van der Waals surface area contributed by atoms with Gasteiger partial charge in [-0.25, -0.2) is 0 Å². The average Bonchev–Trinajstić information content (AvgIpc) is 2.09. The van der Waals surface area contributed by atoms with Gasteiger partial charge in [-0.1, -0.05) is 11.6 Å². The van der Waals surface area contributed by atoms with Crippen LogP contribution in [0.2, 0.25) is 5.02 Å². The summed E-state index contributed by atoms with van der Waals surface area (Å²) in [5, 5.41) is 18.4. The predicted octanol–water partition coefficient (Wildman–Crippen LogP) is 2.89. The van der Waals surface area contributed by atoms with Gasteiger partial charge >= 0.3 is 0 Å². The Kier molecular flexibility index (Phi) is 2.94. The molecule has 2 nitrogen and oxygen atoms in total. The van der Waals surface area contributed by atoms with Crippen LogP contribution < -0.4 is 0 Å². The molecule has 1 rings (SSSR count). The van der Waals surface area contributed by atoms with Crippen LogP contribution in [-0.2, 0) is 0 Å². The first-order valence-electron chi connectivity index (χ1n) is 3.70. The maximum Gasteiger partial charge on any atom is 0.125 e. The molecule has 0 aromatic heterocycles. The maximum absolute atomic E-state index is 9.53. The van der Waals surface area contributed by atoms with E-state index in [0.717, 1.165) is 0 Å². The summed E-state index contributed by atoms with van der Waals surface area (Å²) in [6.07, 6.45) is 2.82. The molecule has 0 atom stereocenters. The van der Waals surface area contributed by atoms with E-state index in [-0.39, 0.29) is 5.75 Å². The summed E-state index contributed by atoms with van der Waals surface area (Å²) in [5.74, 6) is 0.163. The molecule has 13 heavy (non-hydrogen) atoms. The van der Waals surface area contributed by atoms with Crippen LogP contribution in [-0.4, -0.2) is 5.11 Å². The van der Waals surface area contributed by atoms with Crippen molar-refractivity contribution in [2.24, 2.45) is 0 Å². The molecule has 0 aliphatic rings. The lowest BCUT2D eigenvalue weighted by molar-refractivity contribution is 0.470. The van der Waals surface area contributed by atoms with E-state index in [9.17, 15) is 5.11 Å². The van der Waals surface area contributed by atoms with Crippen LogP contribution in [0, 0.1) is 18.3 Å². The van der Waals surface area contributed by atoms with Crippen molar-refractivity contribution in [2.45, 2.75) is 6.92 Å². The summed E-state index contributed by atoms with van der Waals surface area (Å²) in [4.78, 5) is 0. The van der Waals surface area contributed by atoms with Gasteiger partial charge in [-0.15, -0.1) is 0 Å². The second-order valence-electron chi connectivity index (χ2n) is 2.62. The zero-order valence-corrected chi connectivity index (χ0v) is 7.84. The minimum absolute atomic E-state index is 0.163. The lowest BCUT2D eigenvalue weighted by Gasteiger charge is -2.03. The number of halogens is 1. The van der Waals surface area contributed by atoms with E-state index in [1.54, 1.807) is 19.1 Å². The first-order valence-corrected chi connectivity index (χ1v) is 4.08. The third-order valence-electron chi connectivity index (χ3n) is 1.63. The Morgan fingerprint density at radius 1 is 1.54 bits per heavy atom. The topological polar surface area (TPSA) is 44.0 Å². The zero-order chi connectivity index (χ0) is 9.84. The zero-order valence-electron chi connectivity index (χ0n) is 7.08. The van der Waals surface area contributed by atoms with Gasteiger partial charge in [0.25, 0.3) is 0 Å². The summed E-state index contributed by atoms with van der Waals surface area (Å²) >= 11 is 5.77. The molecule has 1 aromatic carbocycles. The Morgan fingerprint density at radius 3 is 2.85 bits per heavy atom. The highest BCUT2D eigenvalue weighted by atomic mass is 35.5. The van der Waals surface area contributed by atoms with Gasteiger partial charge in [0, 0.05) is 16.7 Å². The van der Waals surface area contributed by atoms with Gasteiger partial charge in [-0.05, 0) is 30.7 Å². The quantitative estimate of drug-likeness (QED) is 0.697. The van der Waals surface area contributed by atoms with Crippen molar-refractivity contribution in [3.8, 4) is 11.8 Å². The molecule has 0 aliphatic carbocycles. The number of nitriles is 1. The summed E-state index contributed by atoms with van der Waals surface area (Å²) in [6.45, 7) is 1.75. The molecule has 1 aromatic rings. The van der Waals surface area contributed by atoms with Gasteiger partial charge in [0.2, 0.25) is 0 Å². The molecule has 0 bridgehead atoms. The van der Waals surface area contributed by atoms with Gasteiger partial charge < -0.3 is 5.11 Å². The lowest BCUT2D eigenvalue weighted by Crippen LogP contribution is -1.80. The summed E-state index contributed by atoms with van der Waals surface area (Å²) in [5.41, 5.74) is 1.26. The molecule has 0 spiro atoms. The van der Waals surface area contributed by atoms with Crippen molar-refractivity contribution >= 4 is 17.7 Å². The molecule has 3 heteroatoms. The number of aromatic hydroxyl groups is 1. The Morgan fingerprint density at radius 2 is 2.23 bits per heavy atom. The largest absolute Gasteiger partial charge is 0.507 e. The van der Waals surface area contributed by atoms with Gasteiger partial charge in [0.1, 0.15) is 5.75 Å². The summed E-state index contributed by atoms with van der Waals surface area (Å²) < 4.78 is 0. The number of hydrogen-bond donors (Lipinski definition) is 1. The maximum atomic E-state index is 9.53. The molecular weight excluding hydrogens is 186 g/mol. The van der Waals surface area contributed by atoms with Gasteiger partial charge in [0.15, 0.2) is 0 Å². The molecule has 0 amide bonds. The van der Waals surface area contributed by atoms with E-state index >= 15 is 0 Å². The van der Waals surface area contributed by atoms with Crippen molar-refractivity contribution in [1.29, 1.82) is 5.26 Å². The van der Waals surface area contributed by atoms with Crippen LogP contribution in [0.3, 0.4) is 0 Å². The number of rotatable bonds is 1. The molecule has 0 saturated heterocycles. The monoisotopic (exact) mass is 193 g/mol. The molecule has 0 aliphatic heterocycles. The second kappa shape index (κ2) is 3.97. The van der Waals surface area contributed by atoms with E-state index < -0.39 is 0 Å². The van der Waals surface area contributed by atoms with Crippen molar-refractivity contribution in [2.75, 3.05) is 0 Å². The Hall–Kier alpha value is -1.46. The standard InChI is InChI=1S/C10H8ClNO/c1-7-5-9(11)6-8(10(7)13)3-2-4-12/h2-3,5-6,13H,1H3. The Bertz CT molecular complexity index is 391. The number of hydrogen-bond acceptors (Lipinski definition) is 2. The predicted molar refractivity (Wildman–Crippen MR) is 52.5 cm³/mol. The third-order valence-corrected chi connectivity index (χ3v) is 1.85. The van der Waals surface area contributed by atoms with E-state index in [0.29, 0.717) is 16.1 Å². The smallest absolute Gasteiger partial charge is 0.125 e. The fourth-order valence-electron chi connectivity index (χ4n) is 1.02. The fourth-order valence-corrected chi connectivity index (χ4v) is 1.30. The van der Waals surface area contributed by atoms with Crippen molar-refractivity contribution < 1.29 is 5.11 Å². The number of allylic oxidation sites excluding steroid dienone is 1. The van der Waals surface area contributed by atoms with Crippen LogP contribution >= 0.6 is 11.6 Å². The number of nitrogens with zero attached hydrogens (tertiary/aromatic N) is 1. The molecular formula is C10H8ClNO.